The third-order valence-corrected chi connectivity index (χ3v) is 2.10. The van der Waals surface area contributed by atoms with Gasteiger partial charge in [-0.2, -0.15) is 0 Å². The Hall–Kier alpha value is -0.0800. The van der Waals surface area contributed by atoms with Crippen LogP contribution in [0.25, 0.3) is 0 Å². The van der Waals surface area contributed by atoms with Crippen molar-refractivity contribution in [3.8, 4) is 0 Å². The number of rotatable bonds is 5. The number of hydrogen-bond donors (Lipinski definition) is 2. The summed E-state index contributed by atoms with van der Waals surface area (Å²) in [5.41, 5.74) is 11.4. The monoisotopic (exact) mass is 158 g/mol. The van der Waals surface area contributed by atoms with Crippen LogP contribution in [0.2, 0.25) is 0 Å². The Morgan fingerprint density at radius 1 is 1.18 bits per heavy atom. The van der Waals surface area contributed by atoms with E-state index >= 15 is 0 Å². The Labute approximate surface area is 70.3 Å². The topological polar surface area (TPSA) is 52.0 Å². The molecule has 0 radical (unpaired) electrons. The second-order valence-corrected chi connectivity index (χ2v) is 3.85. The van der Waals surface area contributed by atoms with Gasteiger partial charge in [0, 0.05) is 6.04 Å². The molecule has 0 amide bonds. The average molecular weight is 158 g/mol. The van der Waals surface area contributed by atoms with Crippen LogP contribution < -0.4 is 11.5 Å². The van der Waals surface area contributed by atoms with Crippen LogP contribution in [0, 0.1) is 11.8 Å². The van der Waals surface area contributed by atoms with Crippen molar-refractivity contribution in [2.75, 3.05) is 6.54 Å². The Morgan fingerprint density at radius 3 is 2.09 bits per heavy atom. The van der Waals surface area contributed by atoms with E-state index in [0.717, 1.165) is 19.4 Å². The molecule has 0 aromatic rings. The predicted octanol–water partition coefficient (Wildman–Crippen LogP) is 1.34. The molecular weight excluding hydrogens is 136 g/mol. The van der Waals surface area contributed by atoms with E-state index in [9.17, 15) is 0 Å². The first-order valence-electron chi connectivity index (χ1n) is 4.53. The van der Waals surface area contributed by atoms with Crippen molar-refractivity contribution in [1.82, 2.24) is 0 Å². The van der Waals surface area contributed by atoms with Gasteiger partial charge in [-0.25, -0.2) is 0 Å². The molecule has 2 nitrogen and oxygen atoms in total. The normalized spacial score (nSPS) is 16.9. The van der Waals surface area contributed by atoms with Crippen LogP contribution in [-0.2, 0) is 0 Å². The molecule has 2 heteroatoms. The minimum atomic E-state index is 0.332. The molecule has 11 heavy (non-hydrogen) atoms. The van der Waals surface area contributed by atoms with Gasteiger partial charge in [0.05, 0.1) is 0 Å². The first kappa shape index (κ1) is 10.9. The number of hydrogen-bond acceptors (Lipinski definition) is 2. The SMILES string of the molecule is CC(C)CC(N)C(C)CCN. The van der Waals surface area contributed by atoms with E-state index < -0.39 is 0 Å². The molecule has 0 aliphatic heterocycles. The van der Waals surface area contributed by atoms with E-state index in [0.29, 0.717) is 17.9 Å². The highest BCUT2D eigenvalue weighted by molar-refractivity contribution is 4.70. The molecule has 0 spiro atoms. The lowest BCUT2D eigenvalue weighted by Crippen LogP contribution is -2.31. The summed E-state index contributed by atoms with van der Waals surface area (Å²) in [5.74, 6) is 1.27. The molecule has 0 rings (SSSR count). The highest BCUT2D eigenvalue weighted by Crippen LogP contribution is 2.12. The van der Waals surface area contributed by atoms with Gasteiger partial charge in [0.2, 0.25) is 0 Å². The summed E-state index contributed by atoms with van der Waals surface area (Å²) in [5, 5.41) is 0. The fourth-order valence-corrected chi connectivity index (χ4v) is 1.25. The van der Waals surface area contributed by atoms with Gasteiger partial charge < -0.3 is 11.5 Å². The molecule has 0 aromatic heterocycles. The van der Waals surface area contributed by atoms with Gasteiger partial charge in [0.1, 0.15) is 0 Å². The van der Waals surface area contributed by atoms with Crippen molar-refractivity contribution in [2.45, 2.75) is 39.7 Å². The van der Waals surface area contributed by atoms with Gasteiger partial charge in [-0.1, -0.05) is 20.8 Å². The molecule has 0 saturated heterocycles. The standard InChI is InChI=1S/C9H22N2/c1-7(2)6-9(11)8(3)4-5-10/h7-9H,4-6,10-11H2,1-3H3. The molecule has 68 valence electrons. The molecule has 0 aromatic carbocycles. The second kappa shape index (κ2) is 5.56. The third-order valence-electron chi connectivity index (χ3n) is 2.10. The van der Waals surface area contributed by atoms with Crippen LogP contribution in [0.15, 0.2) is 0 Å². The Morgan fingerprint density at radius 2 is 1.73 bits per heavy atom. The highest BCUT2D eigenvalue weighted by atomic mass is 14.7. The molecule has 0 aliphatic rings. The zero-order valence-electron chi connectivity index (χ0n) is 8.01. The van der Waals surface area contributed by atoms with Crippen molar-refractivity contribution in [1.29, 1.82) is 0 Å². The first-order chi connectivity index (χ1) is 5.07. The predicted molar refractivity (Wildman–Crippen MR) is 50.3 cm³/mol. The zero-order chi connectivity index (χ0) is 8.85. The molecule has 2 unspecified atom stereocenters. The lowest BCUT2D eigenvalue weighted by Gasteiger charge is -2.20. The van der Waals surface area contributed by atoms with Crippen LogP contribution in [0.5, 0.6) is 0 Å². The molecule has 0 fully saturated rings. The Kier molecular flexibility index (Phi) is 5.51. The third kappa shape index (κ3) is 5.22. The summed E-state index contributed by atoms with van der Waals surface area (Å²) < 4.78 is 0. The first-order valence-corrected chi connectivity index (χ1v) is 4.53. The van der Waals surface area contributed by atoms with Gasteiger partial charge in [-0.05, 0) is 31.2 Å². The second-order valence-electron chi connectivity index (χ2n) is 3.85. The van der Waals surface area contributed by atoms with Crippen LogP contribution in [0.1, 0.15) is 33.6 Å². The summed E-state index contributed by atoms with van der Waals surface area (Å²) in [6, 6.07) is 0.332. The van der Waals surface area contributed by atoms with Crippen LogP contribution in [-0.4, -0.2) is 12.6 Å². The van der Waals surface area contributed by atoms with E-state index in [1.54, 1.807) is 0 Å². The fourth-order valence-electron chi connectivity index (χ4n) is 1.25. The van der Waals surface area contributed by atoms with Crippen LogP contribution in [0.3, 0.4) is 0 Å². The van der Waals surface area contributed by atoms with E-state index in [-0.39, 0.29) is 0 Å². The zero-order valence-corrected chi connectivity index (χ0v) is 8.01. The smallest absolute Gasteiger partial charge is 0.00674 e. The average Bonchev–Trinajstić information content (AvgIpc) is 1.86. The quantitative estimate of drug-likeness (QED) is 0.634. The summed E-state index contributed by atoms with van der Waals surface area (Å²) in [6.07, 6.45) is 2.16. The Bertz CT molecular complexity index is 91.6. The molecule has 4 N–H and O–H groups in total. The maximum absolute atomic E-state index is 5.95. The maximum Gasteiger partial charge on any atom is 0.00674 e. The van der Waals surface area contributed by atoms with E-state index in [2.05, 4.69) is 20.8 Å². The minimum Gasteiger partial charge on any atom is -0.330 e. The van der Waals surface area contributed by atoms with Crippen LogP contribution in [0.4, 0.5) is 0 Å². The van der Waals surface area contributed by atoms with Crippen molar-refractivity contribution in [3.63, 3.8) is 0 Å². The Balaban J connectivity index is 3.54. The minimum absolute atomic E-state index is 0.332. The number of nitrogens with two attached hydrogens (primary N) is 2. The van der Waals surface area contributed by atoms with Crippen molar-refractivity contribution in [3.05, 3.63) is 0 Å². The van der Waals surface area contributed by atoms with Gasteiger partial charge in [0.15, 0.2) is 0 Å². The molecule has 2 atom stereocenters. The molecule has 0 bridgehead atoms. The van der Waals surface area contributed by atoms with Gasteiger partial charge in [-0.3, -0.25) is 0 Å². The van der Waals surface area contributed by atoms with E-state index in [1.807, 2.05) is 0 Å². The molecule has 0 heterocycles. The van der Waals surface area contributed by atoms with Gasteiger partial charge in [-0.15, -0.1) is 0 Å². The van der Waals surface area contributed by atoms with Crippen molar-refractivity contribution < 1.29 is 0 Å². The van der Waals surface area contributed by atoms with E-state index in [4.69, 9.17) is 11.5 Å². The lowest BCUT2D eigenvalue weighted by molar-refractivity contribution is 0.370. The lowest BCUT2D eigenvalue weighted by atomic mass is 9.92. The van der Waals surface area contributed by atoms with Gasteiger partial charge in [0.25, 0.3) is 0 Å². The van der Waals surface area contributed by atoms with Crippen molar-refractivity contribution in [2.24, 2.45) is 23.3 Å². The largest absolute Gasteiger partial charge is 0.330 e. The van der Waals surface area contributed by atoms with E-state index in [1.165, 1.54) is 0 Å². The summed E-state index contributed by atoms with van der Waals surface area (Å²) in [7, 11) is 0. The van der Waals surface area contributed by atoms with Gasteiger partial charge >= 0.3 is 0 Å². The summed E-state index contributed by atoms with van der Waals surface area (Å²) >= 11 is 0. The summed E-state index contributed by atoms with van der Waals surface area (Å²) in [6.45, 7) is 7.34. The fraction of sp³-hybridized carbons (Fsp3) is 1.00. The molecule has 0 saturated carbocycles. The molecular formula is C9H22N2. The van der Waals surface area contributed by atoms with Crippen molar-refractivity contribution >= 4 is 0 Å². The summed E-state index contributed by atoms with van der Waals surface area (Å²) in [4.78, 5) is 0. The molecule has 0 aliphatic carbocycles. The van der Waals surface area contributed by atoms with Crippen LogP contribution >= 0.6 is 0 Å². The highest BCUT2D eigenvalue weighted by Gasteiger charge is 2.12. The maximum atomic E-state index is 5.95.